The fourth-order valence-corrected chi connectivity index (χ4v) is 1.47. The van der Waals surface area contributed by atoms with Crippen LogP contribution < -0.4 is 4.74 Å². The zero-order chi connectivity index (χ0) is 12.7. The Kier molecular flexibility index (Phi) is 5.90. The minimum atomic E-state index is -0.615. The van der Waals surface area contributed by atoms with Gasteiger partial charge in [0.15, 0.2) is 0 Å². The topological polar surface area (TPSA) is 47.9 Å². The Morgan fingerprint density at radius 2 is 2.06 bits per heavy atom. The van der Waals surface area contributed by atoms with Gasteiger partial charge >= 0.3 is 0 Å². The molecule has 0 radical (unpaired) electrons. The molecule has 0 aliphatic carbocycles. The number of hydrogen-bond donors (Lipinski definition) is 1. The number of methoxy groups -OCH3 is 2. The number of hydrogen-bond acceptors (Lipinski definition) is 4. The third-order valence-corrected chi connectivity index (χ3v) is 2.31. The van der Waals surface area contributed by atoms with Gasteiger partial charge in [0.1, 0.15) is 17.7 Å². The normalized spacial score (nSPS) is 12.5. The Bertz CT molecular complexity index is 343. The van der Waals surface area contributed by atoms with Crippen molar-refractivity contribution >= 4 is 0 Å². The summed E-state index contributed by atoms with van der Waals surface area (Å²) in [4.78, 5) is 0. The molecule has 0 amide bonds. The quantitative estimate of drug-likeness (QED) is 0.739. The molecule has 1 N–H and O–H groups in total. The molecule has 0 saturated heterocycles. The van der Waals surface area contributed by atoms with Crippen LogP contribution in [0.25, 0.3) is 0 Å². The third-order valence-electron chi connectivity index (χ3n) is 2.31. The molecular weight excluding hydrogens is 227 g/mol. The predicted molar refractivity (Wildman–Crippen MR) is 60.6 cm³/mol. The second kappa shape index (κ2) is 7.21. The molecule has 0 spiro atoms. The first-order valence-electron chi connectivity index (χ1n) is 5.27. The standard InChI is InChI=1S/C12H17FO4/c1-15-5-6-17-12(8-14)10-7-9(13)3-4-11(10)16-2/h3-4,7,12,14H,5-6,8H2,1-2H3/t12-/m0/s1. The van der Waals surface area contributed by atoms with Gasteiger partial charge in [-0.05, 0) is 18.2 Å². The van der Waals surface area contributed by atoms with E-state index < -0.39 is 11.9 Å². The van der Waals surface area contributed by atoms with Crippen molar-refractivity contribution in [2.45, 2.75) is 6.10 Å². The molecule has 0 bridgehead atoms. The maximum Gasteiger partial charge on any atom is 0.124 e. The van der Waals surface area contributed by atoms with E-state index in [0.717, 1.165) is 0 Å². The van der Waals surface area contributed by atoms with Crippen LogP contribution in [0, 0.1) is 5.82 Å². The van der Waals surface area contributed by atoms with Gasteiger partial charge in [-0.2, -0.15) is 0 Å². The van der Waals surface area contributed by atoms with Gasteiger partial charge < -0.3 is 19.3 Å². The van der Waals surface area contributed by atoms with Crippen LogP contribution in [-0.4, -0.2) is 39.1 Å². The highest BCUT2D eigenvalue weighted by atomic mass is 19.1. The molecule has 0 aromatic heterocycles. The van der Waals surface area contributed by atoms with Gasteiger partial charge in [0.2, 0.25) is 0 Å². The fourth-order valence-electron chi connectivity index (χ4n) is 1.47. The molecular formula is C12H17FO4. The smallest absolute Gasteiger partial charge is 0.124 e. The van der Waals surface area contributed by atoms with Gasteiger partial charge in [0.25, 0.3) is 0 Å². The number of benzene rings is 1. The summed E-state index contributed by atoms with van der Waals surface area (Å²) < 4.78 is 28.5. The number of rotatable bonds is 7. The number of aliphatic hydroxyl groups excluding tert-OH is 1. The molecule has 1 aromatic rings. The van der Waals surface area contributed by atoms with E-state index >= 15 is 0 Å². The van der Waals surface area contributed by atoms with Gasteiger partial charge in [0, 0.05) is 12.7 Å². The lowest BCUT2D eigenvalue weighted by atomic mass is 10.1. The molecule has 0 fully saturated rings. The molecule has 1 atom stereocenters. The summed E-state index contributed by atoms with van der Waals surface area (Å²) in [5.74, 6) is 0.0949. The molecule has 0 aliphatic rings. The molecule has 0 heterocycles. The molecule has 96 valence electrons. The van der Waals surface area contributed by atoms with Crippen LogP contribution in [-0.2, 0) is 9.47 Å². The van der Waals surface area contributed by atoms with E-state index in [1.165, 1.54) is 25.3 Å². The maximum atomic E-state index is 13.2. The van der Waals surface area contributed by atoms with E-state index in [4.69, 9.17) is 14.2 Å². The first-order valence-corrected chi connectivity index (χ1v) is 5.27. The molecule has 4 nitrogen and oxygen atoms in total. The summed E-state index contributed by atoms with van der Waals surface area (Å²) >= 11 is 0. The summed E-state index contributed by atoms with van der Waals surface area (Å²) in [6, 6.07) is 4.10. The van der Waals surface area contributed by atoms with Gasteiger partial charge in [-0.3, -0.25) is 0 Å². The Morgan fingerprint density at radius 3 is 2.65 bits per heavy atom. The van der Waals surface area contributed by atoms with Crippen LogP contribution in [0.4, 0.5) is 4.39 Å². The largest absolute Gasteiger partial charge is 0.496 e. The molecule has 5 heteroatoms. The van der Waals surface area contributed by atoms with Crippen molar-refractivity contribution in [2.75, 3.05) is 34.0 Å². The molecule has 1 aromatic carbocycles. The molecule has 0 aliphatic heterocycles. The van der Waals surface area contributed by atoms with Crippen molar-refractivity contribution in [1.29, 1.82) is 0 Å². The minimum absolute atomic E-state index is 0.247. The lowest BCUT2D eigenvalue weighted by Gasteiger charge is -2.18. The van der Waals surface area contributed by atoms with E-state index in [2.05, 4.69) is 0 Å². The molecule has 0 unspecified atom stereocenters. The van der Waals surface area contributed by atoms with E-state index in [0.29, 0.717) is 24.5 Å². The highest BCUT2D eigenvalue weighted by Gasteiger charge is 2.16. The lowest BCUT2D eigenvalue weighted by molar-refractivity contribution is -0.0133. The van der Waals surface area contributed by atoms with Crippen molar-refractivity contribution < 1.29 is 23.7 Å². The number of ether oxygens (including phenoxy) is 3. The van der Waals surface area contributed by atoms with E-state index in [1.807, 2.05) is 0 Å². The van der Waals surface area contributed by atoms with E-state index in [9.17, 15) is 9.50 Å². The average molecular weight is 244 g/mol. The van der Waals surface area contributed by atoms with Crippen molar-refractivity contribution in [3.63, 3.8) is 0 Å². The predicted octanol–water partition coefficient (Wildman–Crippen LogP) is 1.53. The van der Waals surface area contributed by atoms with Crippen LogP contribution in [0.1, 0.15) is 11.7 Å². The zero-order valence-electron chi connectivity index (χ0n) is 9.98. The summed E-state index contributed by atoms with van der Waals surface area (Å²) in [6.07, 6.45) is -0.615. The van der Waals surface area contributed by atoms with Crippen LogP contribution in [0.2, 0.25) is 0 Å². The molecule has 1 rings (SSSR count). The Morgan fingerprint density at radius 1 is 1.29 bits per heavy atom. The number of halogens is 1. The monoisotopic (exact) mass is 244 g/mol. The Hall–Kier alpha value is -1.17. The maximum absolute atomic E-state index is 13.2. The summed E-state index contributed by atoms with van der Waals surface area (Å²) in [5.41, 5.74) is 0.492. The minimum Gasteiger partial charge on any atom is -0.496 e. The van der Waals surface area contributed by atoms with Gasteiger partial charge in [-0.1, -0.05) is 0 Å². The first kappa shape index (κ1) is 13.9. The first-order chi connectivity index (χ1) is 8.22. The highest BCUT2D eigenvalue weighted by Crippen LogP contribution is 2.28. The van der Waals surface area contributed by atoms with Crippen molar-refractivity contribution in [1.82, 2.24) is 0 Å². The van der Waals surface area contributed by atoms with Gasteiger partial charge in [0.05, 0.1) is 26.9 Å². The zero-order valence-corrected chi connectivity index (χ0v) is 9.98. The van der Waals surface area contributed by atoms with Crippen LogP contribution >= 0.6 is 0 Å². The fraction of sp³-hybridized carbons (Fsp3) is 0.500. The van der Waals surface area contributed by atoms with Gasteiger partial charge in [-0.15, -0.1) is 0 Å². The SMILES string of the molecule is COCCO[C@@H](CO)c1cc(F)ccc1OC. The lowest BCUT2D eigenvalue weighted by Crippen LogP contribution is -2.13. The van der Waals surface area contributed by atoms with E-state index in [-0.39, 0.29) is 6.61 Å². The summed E-state index contributed by atoms with van der Waals surface area (Å²) in [5, 5.41) is 9.25. The summed E-state index contributed by atoms with van der Waals surface area (Å²) in [7, 11) is 3.04. The molecule has 17 heavy (non-hydrogen) atoms. The summed E-state index contributed by atoms with van der Waals surface area (Å²) in [6.45, 7) is 0.485. The second-order valence-corrected chi connectivity index (χ2v) is 3.42. The van der Waals surface area contributed by atoms with Crippen LogP contribution in [0.5, 0.6) is 5.75 Å². The van der Waals surface area contributed by atoms with Crippen LogP contribution in [0.3, 0.4) is 0 Å². The van der Waals surface area contributed by atoms with Crippen molar-refractivity contribution in [3.8, 4) is 5.75 Å². The van der Waals surface area contributed by atoms with E-state index in [1.54, 1.807) is 7.11 Å². The van der Waals surface area contributed by atoms with Gasteiger partial charge in [-0.25, -0.2) is 4.39 Å². The van der Waals surface area contributed by atoms with Crippen molar-refractivity contribution in [3.05, 3.63) is 29.6 Å². The highest BCUT2D eigenvalue weighted by molar-refractivity contribution is 5.35. The van der Waals surface area contributed by atoms with Crippen molar-refractivity contribution in [2.24, 2.45) is 0 Å². The number of aliphatic hydroxyl groups is 1. The third kappa shape index (κ3) is 3.96. The van der Waals surface area contributed by atoms with Crippen LogP contribution in [0.15, 0.2) is 18.2 Å². The Labute approximate surface area is 99.9 Å². The average Bonchev–Trinajstić information content (AvgIpc) is 2.35. The Balaban J connectivity index is 2.82. The second-order valence-electron chi connectivity index (χ2n) is 3.42. The molecule has 0 saturated carbocycles.